The Morgan fingerprint density at radius 3 is 2.53 bits per heavy atom. The summed E-state index contributed by atoms with van der Waals surface area (Å²) in [6, 6.07) is 1.34. The summed E-state index contributed by atoms with van der Waals surface area (Å²) in [5.41, 5.74) is 0.708. The van der Waals surface area contributed by atoms with E-state index >= 15 is 0 Å². The van der Waals surface area contributed by atoms with Crippen molar-refractivity contribution in [3.8, 4) is 0 Å². The van der Waals surface area contributed by atoms with Crippen LogP contribution in [0.1, 0.15) is 31.0 Å². The minimum Gasteiger partial charge on any atom is -0.386 e. The molecular formula is C23H26F4N6O. The molecule has 0 atom stereocenters. The normalized spacial score (nSPS) is 15.1. The van der Waals surface area contributed by atoms with Crippen LogP contribution in [-0.2, 0) is 11.3 Å². The molecule has 34 heavy (non-hydrogen) atoms. The number of allylic oxidation sites excluding steroid dienone is 1. The number of carbonyl (C=O) groups is 1. The van der Waals surface area contributed by atoms with Crippen molar-refractivity contribution in [2.24, 2.45) is 5.92 Å². The molecule has 0 unspecified atom stereocenters. The number of rotatable bonds is 7. The van der Waals surface area contributed by atoms with Crippen LogP contribution in [0.15, 0.2) is 23.9 Å². The molecule has 7 nitrogen and oxygen atoms in total. The molecule has 2 aromatic rings. The first kappa shape index (κ1) is 25.1. The van der Waals surface area contributed by atoms with Crippen molar-refractivity contribution in [1.29, 1.82) is 5.41 Å². The summed E-state index contributed by atoms with van der Waals surface area (Å²) < 4.78 is 55.2. The summed E-state index contributed by atoms with van der Waals surface area (Å²) in [5, 5.41) is 10.3. The summed E-state index contributed by atoms with van der Waals surface area (Å²) in [7, 11) is 3.07. The molecule has 2 N–H and O–H groups in total. The van der Waals surface area contributed by atoms with Gasteiger partial charge in [-0.2, -0.15) is 0 Å². The fraction of sp³-hybridized carbons (Fsp3) is 0.391. The highest BCUT2D eigenvalue weighted by molar-refractivity contribution is 5.87. The smallest absolute Gasteiger partial charge is 0.226 e. The van der Waals surface area contributed by atoms with Crippen LogP contribution in [0.4, 0.5) is 23.5 Å². The molecule has 1 amide bonds. The summed E-state index contributed by atoms with van der Waals surface area (Å²) in [4.78, 5) is 24.3. The predicted octanol–water partition coefficient (Wildman–Crippen LogP) is 3.51. The van der Waals surface area contributed by atoms with Crippen LogP contribution in [-0.4, -0.2) is 54.2 Å². The van der Waals surface area contributed by atoms with Gasteiger partial charge in [0.2, 0.25) is 11.9 Å². The summed E-state index contributed by atoms with van der Waals surface area (Å²) in [5.74, 6) is -4.32. The van der Waals surface area contributed by atoms with E-state index in [1.54, 1.807) is 14.0 Å². The Morgan fingerprint density at radius 1 is 1.24 bits per heavy atom. The van der Waals surface area contributed by atoms with Gasteiger partial charge in [-0.1, -0.05) is 0 Å². The standard InChI is InChI=1S/C23H26F4N6O/c1-13(10-28)20(29-2)21-18(26)11-30-23(31-21)33-6-4-14(5-7-33)22(34)32(3)12-15-8-16(24)9-17(25)19(15)27/h8-11,14,28-29H,4-7,12H2,1-3H3/b20-13-,28-10?. The van der Waals surface area contributed by atoms with Crippen molar-refractivity contribution in [1.82, 2.24) is 20.2 Å². The maximum absolute atomic E-state index is 14.4. The Balaban J connectivity index is 1.68. The second kappa shape index (κ2) is 10.6. The average Bonchev–Trinajstić information content (AvgIpc) is 2.83. The largest absolute Gasteiger partial charge is 0.386 e. The van der Waals surface area contributed by atoms with Crippen molar-refractivity contribution < 1.29 is 22.4 Å². The van der Waals surface area contributed by atoms with Gasteiger partial charge in [-0.15, -0.1) is 0 Å². The van der Waals surface area contributed by atoms with Crippen LogP contribution in [0.2, 0.25) is 0 Å². The van der Waals surface area contributed by atoms with Crippen LogP contribution in [0.3, 0.4) is 0 Å². The second-order valence-corrected chi connectivity index (χ2v) is 8.14. The van der Waals surface area contributed by atoms with Gasteiger partial charge < -0.3 is 20.5 Å². The van der Waals surface area contributed by atoms with Gasteiger partial charge in [0.05, 0.1) is 11.9 Å². The first-order valence-electron chi connectivity index (χ1n) is 10.7. The van der Waals surface area contributed by atoms with Gasteiger partial charge >= 0.3 is 0 Å². The fourth-order valence-electron chi connectivity index (χ4n) is 3.96. The number of aromatic nitrogens is 2. The summed E-state index contributed by atoms with van der Waals surface area (Å²) in [6.07, 6.45) is 3.08. The van der Waals surface area contributed by atoms with Gasteiger partial charge in [-0.25, -0.2) is 27.5 Å². The van der Waals surface area contributed by atoms with Crippen molar-refractivity contribution >= 4 is 23.8 Å². The number of amides is 1. The Hall–Kier alpha value is -3.50. The zero-order valence-electron chi connectivity index (χ0n) is 19.1. The Bertz CT molecular complexity index is 1110. The maximum Gasteiger partial charge on any atom is 0.226 e. The van der Waals surface area contributed by atoms with Crippen LogP contribution < -0.4 is 10.2 Å². The molecule has 1 fully saturated rings. The Morgan fingerprint density at radius 2 is 1.91 bits per heavy atom. The molecule has 3 rings (SSSR count). The minimum absolute atomic E-state index is 0.0517. The highest BCUT2D eigenvalue weighted by Crippen LogP contribution is 2.25. The lowest BCUT2D eigenvalue weighted by Gasteiger charge is -2.33. The number of piperidine rings is 1. The van der Waals surface area contributed by atoms with E-state index in [1.807, 2.05) is 4.90 Å². The first-order chi connectivity index (χ1) is 16.2. The lowest BCUT2D eigenvalue weighted by Crippen LogP contribution is -2.41. The molecule has 182 valence electrons. The molecule has 2 heterocycles. The Labute approximate surface area is 195 Å². The molecule has 1 saturated heterocycles. The zero-order chi connectivity index (χ0) is 25.0. The maximum atomic E-state index is 14.4. The van der Waals surface area contributed by atoms with E-state index in [0.717, 1.165) is 18.5 Å². The highest BCUT2D eigenvalue weighted by Gasteiger charge is 2.29. The number of nitrogens with zero attached hydrogens (tertiary/aromatic N) is 4. The predicted molar refractivity (Wildman–Crippen MR) is 120 cm³/mol. The van der Waals surface area contributed by atoms with Crippen molar-refractivity contribution in [2.45, 2.75) is 26.3 Å². The molecule has 0 saturated carbocycles. The fourth-order valence-corrected chi connectivity index (χ4v) is 3.96. The van der Waals surface area contributed by atoms with E-state index in [9.17, 15) is 22.4 Å². The van der Waals surface area contributed by atoms with Gasteiger partial charge in [-0.3, -0.25) is 4.79 Å². The molecule has 0 bridgehead atoms. The lowest BCUT2D eigenvalue weighted by molar-refractivity contribution is -0.135. The Kier molecular flexibility index (Phi) is 7.85. The number of anilines is 1. The molecule has 0 radical (unpaired) electrons. The molecule has 0 aliphatic carbocycles. The van der Waals surface area contributed by atoms with Crippen LogP contribution in [0.25, 0.3) is 5.70 Å². The van der Waals surface area contributed by atoms with Gasteiger partial charge in [0.25, 0.3) is 0 Å². The topological polar surface area (TPSA) is 85.2 Å². The minimum atomic E-state index is -1.30. The molecule has 1 aromatic carbocycles. The third-order valence-corrected chi connectivity index (χ3v) is 5.81. The zero-order valence-corrected chi connectivity index (χ0v) is 19.1. The number of nitrogens with one attached hydrogen (secondary N) is 2. The average molecular weight is 478 g/mol. The number of hydrogen-bond acceptors (Lipinski definition) is 6. The molecule has 1 aliphatic heterocycles. The number of benzene rings is 1. The van der Waals surface area contributed by atoms with Crippen molar-refractivity contribution in [2.75, 3.05) is 32.1 Å². The molecular weight excluding hydrogens is 452 g/mol. The van der Waals surface area contributed by atoms with E-state index in [0.29, 0.717) is 49.2 Å². The second-order valence-electron chi connectivity index (χ2n) is 8.14. The quantitative estimate of drug-likeness (QED) is 0.362. The van der Waals surface area contributed by atoms with E-state index in [4.69, 9.17) is 5.41 Å². The summed E-state index contributed by atoms with van der Waals surface area (Å²) in [6.45, 7) is 2.27. The van der Waals surface area contributed by atoms with E-state index in [2.05, 4.69) is 15.3 Å². The molecule has 1 aromatic heterocycles. The van der Waals surface area contributed by atoms with Crippen molar-refractivity contribution in [3.05, 3.63) is 58.4 Å². The van der Waals surface area contributed by atoms with E-state index < -0.39 is 23.3 Å². The van der Waals surface area contributed by atoms with Gasteiger partial charge in [0.15, 0.2) is 17.5 Å². The third-order valence-electron chi connectivity index (χ3n) is 5.81. The van der Waals surface area contributed by atoms with Gasteiger partial charge in [0.1, 0.15) is 11.5 Å². The molecule has 1 aliphatic rings. The van der Waals surface area contributed by atoms with Crippen molar-refractivity contribution in [3.63, 3.8) is 0 Å². The number of halogens is 4. The lowest BCUT2D eigenvalue weighted by atomic mass is 9.95. The molecule has 11 heteroatoms. The number of carbonyl (C=O) groups excluding carboxylic acids is 1. The molecule has 0 spiro atoms. The first-order valence-corrected chi connectivity index (χ1v) is 10.7. The van der Waals surface area contributed by atoms with Crippen LogP contribution >= 0.6 is 0 Å². The van der Waals surface area contributed by atoms with E-state index in [-0.39, 0.29) is 29.6 Å². The highest BCUT2D eigenvalue weighted by atomic mass is 19.2. The third kappa shape index (κ3) is 5.35. The SMILES string of the molecule is CN/C(=C(/C)C=N)c1nc(N2CCC(C(=O)N(C)Cc3cc(F)cc(F)c3F)CC2)ncc1F. The van der Waals surface area contributed by atoms with Crippen LogP contribution in [0, 0.1) is 34.6 Å². The number of hydrogen-bond donors (Lipinski definition) is 2. The van der Waals surface area contributed by atoms with Gasteiger partial charge in [0, 0.05) is 57.5 Å². The van der Waals surface area contributed by atoms with E-state index in [1.165, 1.54) is 11.9 Å². The van der Waals surface area contributed by atoms with Crippen LogP contribution in [0.5, 0.6) is 0 Å². The van der Waals surface area contributed by atoms with Gasteiger partial charge in [-0.05, 0) is 31.4 Å². The summed E-state index contributed by atoms with van der Waals surface area (Å²) >= 11 is 0. The monoisotopic (exact) mass is 478 g/mol.